The van der Waals surface area contributed by atoms with Gasteiger partial charge in [-0.2, -0.15) is 13.2 Å². The minimum atomic E-state index is -4.79. The van der Waals surface area contributed by atoms with Crippen molar-refractivity contribution in [1.82, 2.24) is 20.5 Å². The van der Waals surface area contributed by atoms with Crippen LogP contribution in [0.4, 0.5) is 18.9 Å². The number of ether oxygens (including phenoxy) is 1. The molecule has 0 radical (unpaired) electrons. The maximum atomic E-state index is 13.2. The fourth-order valence-electron chi connectivity index (χ4n) is 4.33. The van der Waals surface area contributed by atoms with Crippen LogP contribution in [0.5, 0.6) is 5.75 Å². The number of pyridine rings is 1. The fourth-order valence-corrected chi connectivity index (χ4v) is 4.33. The molecule has 0 spiro atoms. The number of hydrogen-bond donors (Lipinski definition) is 6. The van der Waals surface area contributed by atoms with Crippen molar-refractivity contribution in [1.29, 1.82) is 0 Å². The number of nitrogens with zero attached hydrogens (tertiary/aromatic N) is 3. The molecule has 1 aromatic carbocycles. The van der Waals surface area contributed by atoms with Crippen molar-refractivity contribution in [2.45, 2.75) is 19.0 Å². The van der Waals surface area contributed by atoms with Crippen LogP contribution in [0.25, 0.3) is 16.8 Å². The second-order valence-corrected chi connectivity index (χ2v) is 10.3. The zero-order valence-electron chi connectivity index (χ0n) is 26.2. The SMILES string of the molecule is CN=C/C(CN(C)C(=C=O)c1ccc(-c2cccc(NC(/C=C(\N)NC(=O)C3CC3)=C(/N)C(=O)NC)c2OC)cn1)=C(\N)C(F)(F)F. The van der Waals surface area contributed by atoms with Gasteiger partial charge in [0.05, 0.1) is 24.2 Å². The van der Waals surface area contributed by atoms with Gasteiger partial charge in [-0.1, -0.05) is 18.2 Å². The highest BCUT2D eigenvalue weighted by Crippen LogP contribution is 2.37. The largest absolute Gasteiger partial charge is 0.494 e. The van der Waals surface area contributed by atoms with E-state index < -0.39 is 24.3 Å². The Balaban J connectivity index is 1.94. The molecular weight excluding hydrogens is 619 g/mol. The Morgan fingerprint density at radius 3 is 2.43 bits per heavy atom. The van der Waals surface area contributed by atoms with Gasteiger partial charge < -0.3 is 42.8 Å². The van der Waals surface area contributed by atoms with Gasteiger partial charge in [0.25, 0.3) is 5.91 Å². The van der Waals surface area contributed by atoms with E-state index in [1.54, 1.807) is 30.2 Å². The third-order valence-electron chi connectivity index (χ3n) is 6.91. The summed E-state index contributed by atoms with van der Waals surface area (Å²) in [6, 6.07) is 8.22. The highest BCUT2D eigenvalue weighted by atomic mass is 19.4. The molecule has 0 aliphatic heterocycles. The second kappa shape index (κ2) is 15.5. The summed E-state index contributed by atoms with van der Waals surface area (Å²) in [5, 5.41) is 8.08. The van der Waals surface area contributed by atoms with Crippen LogP contribution in [0.15, 0.2) is 76.1 Å². The molecule has 0 saturated heterocycles. The van der Waals surface area contributed by atoms with E-state index in [1.807, 2.05) is 0 Å². The van der Waals surface area contributed by atoms with Crippen molar-refractivity contribution >= 4 is 35.4 Å². The predicted molar refractivity (Wildman–Crippen MR) is 172 cm³/mol. The van der Waals surface area contributed by atoms with Crippen LogP contribution < -0.4 is 37.9 Å². The molecule has 1 heterocycles. The van der Waals surface area contributed by atoms with Gasteiger partial charge in [-0.3, -0.25) is 19.6 Å². The summed E-state index contributed by atoms with van der Waals surface area (Å²) < 4.78 is 45.4. The molecule has 0 unspecified atom stereocenters. The average molecular weight is 656 g/mol. The number of alkyl halides is 3. The lowest BCUT2D eigenvalue weighted by molar-refractivity contribution is -0.121. The number of nitrogens with two attached hydrogens (primary N) is 3. The van der Waals surface area contributed by atoms with Gasteiger partial charge in [0.2, 0.25) is 5.91 Å². The Morgan fingerprint density at radius 1 is 1.19 bits per heavy atom. The van der Waals surface area contributed by atoms with Gasteiger partial charge in [-0.15, -0.1) is 0 Å². The molecule has 0 atom stereocenters. The molecule has 250 valence electrons. The standard InChI is InChI=1S/C31H36F3N9O4/c1-38-13-19(28(37)31(32,33)34)15-43(3)24(16-44)21-11-10-18(14-40-21)20-6-5-7-22(27(20)47-4)41-23(26(36)30(46)39-2)12-25(35)42-29(45)17-8-9-17/h5-7,10-14,17,41H,8-9,15,35-37H2,1-4H3,(H,39,46)(H,42,45)/b25-12+,26-23+,28-19+,38-13?. The monoisotopic (exact) mass is 655 g/mol. The van der Waals surface area contributed by atoms with Crippen molar-refractivity contribution in [3.05, 3.63) is 76.8 Å². The van der Waals surface area contributed by atoms with E-state index in [-0.39, 0.29) is 46.0 Å². The number of hydrogen-bond acceptors (Lipinski definition) is 11. The number of halogens is 3. The first-order valence-electron chi connectivity index (χ1n) is 14.1. The number of anilines is 1. The molecule has 2 amide bonds. The Hall–Kier alpha value is -5.76. The molecule has 1 aliphatic rings. The fraction of sp³-hybridized carbons (Fsp3) is 0.290. The number of aromatic nitrogens is 1. The normalized spacial score (nSPS) is 14.4. The van der Waals surface area contributed by atoms with Gasteiger partial charge in [-0.05, 0) is 25.0 Å². The number of aliphatic imine (C=N–C) groups is 1. The second-order valence-electron chi connectivity index (χ2n) is 10.3. The van der Waals surface area contributed by atoms with Crippen molar-refractivity contribution in [3.63, 3.8) is 0 Å². The minimum Gasteiger partial charge on any atom is -0.494 e. The number of likely N-dealkylation sites (N-methyl/N-ethyl adjacent to an activating group) is 2. The van der Waals surface area contributed by atoms with E-state index in [0.717, 1.165) is 19.1 Å². The average Bonchev–Trinajstić information content (AvgIpc) is 3.89. The quantitative estimate of drug-likeness (QED) is 0.0802. The number of rotatable bonds is 13. The molecule has 1 fully saturated rings. The van der Waals surface area contributed by atoms with Crippen molar-refractivity contribution in [2.75, 3.05) is 40.1 Å². The van der Waals surface area contributed by atoms with E-state index in [2.05, 4.69) is 25.9 Å². The molecule has 1 aliphatic carbocycles. The third-order valence-corrected chi connectivity index (χ3v) is 6.91. The van der Waals surface area contributed by atoms with E-state index in [0.29, 0.717) is 22.6 Å². The molecule has 3 rings (SSSR count). The first kappa shape index (κ1) is 35.7. The Bertz CT molecular complexity index is 1670. The molecule has 2 aromatic rings. The van der Waals surface area contributed by atoms with E-state index >= 15 is 0 Å². The van der Waals surface area contributed by atoms with Crippen LogP contribution in [0.3, 0.4) is 0 Å². The third kappa shape index (κ3) is 9.14. The van der Waals surface area contributed by atoms with Crippen LogP contribution in [0.2, 0.25) is 0 Å². The highest BCUT2D eigenvalue weighted by molar-refractivity contribution is 5.94. The maximum Gasteiger partial charge on any atom is 0.431 e. The van der Waals surface area contributed by atoms with Gasteiger partial charge in [-0.25, -0.2) is 4.79 Å². The lowest BCUT2D eigenvalue weighted by atomic mass is 10.0. The summed E-state index contributed by atoms with van der Waals surface area (Å²) >= 11 is 0. The lowest BCUT2D eigenvalue weighted by Gasteiger charge is -2.22. The summed E-state index contributed by atoms with van der Waals surface area (Å²) in [6.45, 7) is -0.392. The first-order chi connectivity index (χ1) is 22.2. The highest BCUT2D eigenvalue weighted by Gasteiger charge is 2.34. The van der Waals surface area contributed by atoms with Gasteiger partial charge in [0.1, 0.15) is 28.7 Å². The molecule has 9 N–H and O–H groups in total. The number of amides is 2. The Morgan fingerprint density at radius 2 is 1.89 bits per heavy atom. The van der Waals surface area contributed by atoms with Gasteiger partial charge in [0, 0.05) is 68.8 Å². The van der Waals surface area contributed by atoms with Crippen LogP contribution in [-0.4, -0.2) is 74.8 Å². The number of methoxy groups -OCH3 is 1. The number of allylic oxidation sites excluding steroid dienone is 2. The summed E-state index contributed by atoms with van der Waals surface area (Å²) in [4.78, 5) is 45.7. The Kier molecular flexibility index (Phi) is 11.8. The molecule has 1 aromatic heterocycles. The smallest absolute Gasteiger partial charge is 0.431 e. The van der Waals surface area contributed by atoms with Gasteiger partial charge >= 0.3 is 6.18 Å². The molecule has 47 heavy (non-hydrogen) atoms. The van der Waals surface area contributed by atoms with Crippen molar-refractivity contribution in [3.8, 4) is 16.9 Å². The predicted octanol–water partition coefficient (Wildman–Crippen LogP) is 1.99. The van der Waals surface area contributed by atoms with E-state index in [4.69, 9.17) is 21.9 Å². The number of nitrogens with one attached hydrogen (secondary N) is 3. The number of carbonyl (C=O) groups is 2. The molecule has 0 bridgehead atoms. The summed E-state index contributed by atoms with van der Waals surface area (Å²) in [7, 11) is 5.53. The molecule has 1 saturated carbocycles. The van der Waals surface area contributed by atoms with Gasteiger partial charge in [0.15, 0.2) is 5.94 Å². The zero-order chi connectivity index (χ0) is 34.9. The van der Waals surface area contributed by atoms with Crippen LogP contribution in [0.1, 0.15) is 18.5 Å². The topological polar surface area (TPSA) is 203 Å². The lowest BCUT2D eigenvalue weighted by Crippen LogP contribution is -2.31. The van der Waals surface area contributed by atoms with E-state index in [1.165, 1.54) is 51.5 Å². The Labute approximate surface area is 269 Å². The summed E-state index contributed by atoms with van der Waals surface area (Å²) in [5.74, 6) is 1.08. The minimum absolute atomic E-state index is 0.0270. The summed E-state index contributed by atoms with van der Waals surface area (Å²) in [6.07, 6.45) is 0.498. The molecular formula is C31H36F3N9O4. The first-order valence-corrected chi connectivity index (χ1v) is 14.1. The van der Waals surface area contributed by atoms with E-state index in [9.17, 15) is 27.6 Å². The zero-order valence-corrected chi connectivity index (χ0v) is 26.2. The molecule has 16 heteroatoms. The maximum absolute atomic E-state index is 13.2. The van der Waals surface area contributed by atoms with Crippen LogP contribution in [-0.2, 0) is 14.4 Å². The summed E-state index contributed by atoms with van der Waals surface area (Å²) in [5.41, 5.74) is 17.1. The van der Waals surface area contributed by atoms with Crippen LogP contribution in [0, 0.1) is 5.92 Å². The van der Waals surface area contributed by atoms with Crippen molar-refractivity contribution < 1.29 is 32.3 Å². The number of carbonyl (C=O) groups excluding carboxylic acids is 3. The number of para-hydroxylation sites is 1. The number of benzene rings is 1. The van der Waals surface area contributed by atoms with Crippen molar-refractivity contribution in [2.24, 2.45) is 28.1 Å². The molecule has 13 nitrogen and oxygen atoms in total. The van der Waals surface area contributed by atoms with Crippen LogP contribution >= 0.6 is 0 Å².